The Balaban J connectivity index is 1.51. The van der Waals surface area contributed by atoms with E-state index >= 15 is 0 Å². The first kappa shape index (κ1) is 17.3. The third kappa shape index (κ3) is 3.30. The van der Waals surface area contributed by atoms with E-state index in [1.807, 2.05) is 24.3 Å². The molecule has 0 bridgehead atoms. The van der Waals surface area contributed by atoms with Crippen LogP contribution in [0, 0.1) is 0 Å². The van der Waals surface area contributed by atoms with Crippen LogP contribution in [-0.4, -0.2) is 35.9 Å². The Labute approximate surface area is 157 Å². The van der Waals surface area contributed by atoms with Crippen LogP contribution in [0.5, 0.6) is 0 Å². The third-order valence-electron chi connectivity index (χ3n) is 4.98. The van der Waals surface area contributed by atoms with Crippen LogP contribution < -0.4 is 4.90 Å². The fourth-order valence-corrected chi connectivity index (χ4v) is 3.53. The summed E-state index contributed by atoms with van der Waals surface area (Å²) in [6.45, 7) is 1.87. The van der Waals surface area contributed by atoms with Gasteiger partial charge in [-0.05, 0) is 43.0 Å². The summed E-state index contributed by atoms with van der Waals surface area (Å²) >= 11 is 0. The number of nitrogens with zero attached hydrogens (tertiary/aromatic N) is 2. The van der Waals surface area contributed by atoms with Crippen LogP contribution in [-0.2, 0) is 11.3 Å². The number of hydrogen-bond donors (Lipinski definition) is 0. The molecule has 0 spiro atoms. The van der Waals surface area contributed by atoms with Crippen LogP contribution in [0.4, 0.5) is 10.5 Å². The van der Waals surface area contributed by atoms with Crippen molar-refractivity contribution in [1.29, 1.82) is 0 Å². The van der Waals surface area contributed by atoms with Gasteiger partial charge in [-0.1, -0.05) is 30.3 Å². The van der Waals surface area contributed by atoms with Gasteiger partial charge < -0.3 is 9.64 Å². The van der Waals surface area contributed by atoms with Gasteiger partial charge in [-0.2, -0.15) is 4.90 Å². The van der Waals surface area contributed by atoms with E-state index in [1.54, 1.807) is 24.3 Å². The fraction of sp³-hybridized carbons (Fsp3) is 0.286. The summed E-state index contributed by atoms with van der Waals surface area (Å²) < 4.78 is 5.17. The zero-order valence-electron chi connectivity index (χ0n) is 14.9. The molecule has 6 heteroatoms. The van der Waals surface area contributed by atoms with Gasteiger partial charge in [0.2, 0.25) is 0 Å². The first-order valence-corrected chi connectivity index (χ1v) is 9.13. The largest absolute Gasteiger partial charge is 0.444 e. The van der Waals surface area contributed by atoms with E-state index < -0.39 is 17.9 Å². The van der Waals surface area contributed by atoms with Crippen molar-refractivity contribution >= 4 is 23.6 Å². The van der Waals surface area contributed by atoms with Crippen molar-refractivity contribution in [3.8, 4) is 0 Å². The van der Waals surface area contributed by atoms with Gasteiger partial charge in [-0.15, -0.1) is 0 Å². The Morgan fingerprint density at radius 2 is 1.59 bits per heavy atom. The fourth-order valence-electron chi connectivity index (χ4n) is 3.53. The van der Waals surface area contributed by atoms with E-state index in [0.717, 1.165) is 37.2 Å². The average molecular weight is 364 g/mol. The summed E-state index contributed by atoms with van der Waals surface area (Å²) in [6.07, 6.45) is 2.49. The molecule has 3 amide bonds. The summed E-state index contributed by atoms with van der Waals surface area (Å²) in [5.74, 6) is -1.25. The van der Waals surface area contributed by atoms with E-state index in [0.29, 0.717) is 4.90 Å². The highest BCUT2D eigenvalue weighted by atomic mass is 16.6. The second-order valence-electron chi connectivity index (χ2n) is 6.76. The minimum atomic E-state index is -0.940. The molecule has 2 aromatic rings. The molecule has 4 rings (SSSR count). The predicted molar refractivity (Wildman–Crippen MR) is 99.6 cm³/mol. The van der Waals surface area contributed by atoms with Crippen molar-refractivity contribution in [2.24, 2.45) is 0 Å². The molecule has 1 fully saturated rings. The second kappa shape index (κ2) is 7.23. The quantitative estimate of drug-likeness (QED) is 0.779. The Kier molecular flexibility index (Phi) is 4.62. The van der Waals surface area contributed by atoms with Crippen LogP contribution in [0.25, 0.3) is 0 Å². The number of imide groups is 3. The zero-order chi connectivity index (χ0) is 18.8. The number of carbonyl (C=O) groups excluding carboxylic acids is 3. The molecule has 1 saturated heterocycles. The van der Waals surface area contributed by atoms with Gasteiger partial charge in [-0.25, -0.2) is 4.79 Å². The molecule has 0 atom stereocenters. The molecule has 2 aliphatic rings. The van der Waals surface area contributed by atoms with Gasteiger partial charge in [0, 0.05) is 18.8 Å². The number of ether oxygens (including phenoxy) is 1. The lowest BCUT2D eigenvalue weighted by molar-refractivity contribution is 0.0573. The SMILES string of the molecule is O=C(OCc1ccccc1)N1C(=O)c2ccc(N3CCCCC3)cc2C1=O. The number of fused-ring (bicyclic) bond motifs is 1. The first-order valence-electron chi connectivity index (χ1n) is 9.13. The van der Waals surface area contributed by atoms with Gasteiger partial charge in [0.15, 0.2) is 0 Å². The first-order chi connectivity index (χ1) is 13.1. The van der Waals surface area contributed by atoms with Crippen LogP contribution in [0.3, 0.4) is 0 Å². The molecule has 2 aromatic carbocycles. The standard InChI is InChI=1S/C21H20N2O4/c24-19-17-10-9-16(22-11-5-2-6-12-22)13-18(17)20(25)23(19)21(26)27-14-15-7-3-1-4-8-15/h1,3-4,7-10,13H,2,5-6,11-12,14H2. The molecule has 0 unspecified atom stereocenters. The molecule has 138 valence electrons. The highest BCUT2D eigenvalue weighted by Gasteiger charge is 2.41. The van der Waals surface area contributed by atoms with E-state index in [-0.39, 0.29) is 17.7 Å². The Morgan fingerprint density at radius 1 is 0.889 bits per heavy atom. The number of anilines is 1. The van der Waals surface area contributed by atoms with Crippen LogP contribution in [0.1, 0.15) is 45.5 Å². The monoisotopic (exact) mass is 364 g/mol. The number of rotatable bonds is 3. The molecule has 0 aromatic heterocycles. The van der Waals surface area contributed by atoms with Crippen LogP contribution >= 0.6 is 0 Å². The molecule has 0 aliphatic carbocycles. The molecular weight excluding hydrogens is 344 g/mol. The van der Waals surface area contributed by atoms with Gasteiger partial charge in [-0.3, -0.25) is 9.59 Å². The van der Waals surface area contributed by atoms with Crippen molar-refractivity contribution in [3.05, 3.63) is 65.2 Å². The molecule has 0 radical (unpaired) electrons. The lowest BCUT2D eigenvalue weighted by atomic mass is 10.1. The van der Waals surface area contributed by atoms with E-state index in [2.05, 4.69) is 4.90 Å². The van der Waals surface area contributed by atoms with E-state index in [9.17, 15) is 14.4 Å². The second-order valence-corrected chi connectivity index (χ2v) is 6.76. The molecule has 27 heavy (non-hydrogen) atoms. The summed E-state index contributed by atoms with van der Waals surface area (Å²) in [6, 6.07) is 14.3. The number of hydrogen-bond acceptors (Lipinski definition) is 5. The van der Waals surface area contributed by atoms with Crippen molar-refractivity contribution in [2.45, 2.75) is 25.9 Å². The maximum Gasteiger partial charge on any atom is 0.424 e. The third-order valence-corrected chi connectivity index (χ3v) is 4.98. The molecule has 0 saturated carbocycles. The van der Waals surface area contributed by atoms with Crippen LogP contribution in [0.2, 0.25) is 0 Å². The molecule has 6 nitrogen and oxygen atoms in total. The molecule has 2 heterocycles. The number of carbonyl (C=O) groups is 3. The van der Waals surface area contributed by atoms with Crippen molar-refractivity contribution in [3.63, 3.8) is 0 Å². The van der Waals surface area contributed by atoms with Crippen molar-refractivity contribution in [2.75, 3.05) is 18.0 Å². The Morgan fingerprint density at radius 3 is 2.33 bits per heavy atom. The van der Waals surface area contributed by atoms with Gasteiger partial charge in [0.1, 0.15) is 6.61 Å². The number of amides is 3. The normalized spacial score (nSPS) is 16.4. The Bertz CT molecular complexity index is 888. The highest BCUT2D eigenvalue weighted by molar-refractivity contribution is 6.28. The van der Waals surface area contributed by atoms with Crippen LogP contribution in [0.15, 0.2) is 48.5 Å². The van der Waals surface area contributed by atoms with Crippen molar-refractivity contribution in [1.82, 2.24) is 4.90 Å². The summed E-state index contributed by atoms with van der Waals surface area (Å²) in [4.78, 5) is 40.4. The van der Waals surface area contributed by atoms with E-state index in [1.165, 1.54) is 6.42 Å². The van der Waals surface area contributed by atoms with Gasteiger partial charge in [0.05, 0.1) is 11.1 Å². The lowest BCUT2D eigenvalue weighted by Gasteiger charge is -2.29. The smallest absolute Gasteiger partial charge is 0.424 e. The number of benzene rings is 2. The minimum Gasteiger partial charge on any atom is -0.444 e. The molecule has 0 N–H and O–H groups in total. The maximum absolute atomic E-state index is 12.7. The summed E-state index contributed by atoms with van der Waals surface area (Å²) in [7, 11) is 0. The summed E-state index contributed by atoms with van der Waals surface area (Å²) in [5, 5.41) is 0. The van der Waals surface area contributed by atoms with Gasteiger partial charge in [0.25, 0.3) is 11.8 Å². The van der Waals surface area contributed by atoms with E-state index in [4.69, 9.17) is 4.74 Å². The molecule has 2 aliphatic heterocycles. The summed E-state index contributed by atoms with van der Waals surface area (Å²) in [5.41, 5.74) is 2.21. The lowest BCUT2D eigenvalue weighted by Crippen LogP contribution is -2.36. The van der Waals surface area contributed by atoms with Crippen molar-refractivity contribution < 1.29 is 19.1 Å². The predicted octanol–water partition coefficient (Wildman–Crippen LogP) is 3.61. The zero-order valence-corrected chi connectivity index (χ0v) is 14.9. The highest BCUT2D eigenvalue weighted by Crippen LogP contribution is 2.29. The minimum absolute atomic E-state index is 0.00606. The maximum atomic E-state index is 12.7. The Hall–Kier alpha value is -3.15. The molecular formula is C21H20N2O4. The topological polar surface area (TPSA) is 66.9 Å². The average Bonchev–Trinajstić information content (AvgIpc) is 2.97. The number of piperidine rings is 1. The van der Waals surface area contributed by atoms with Gasteiger partial charge >= 0.3 is 6.09 Å².